The first-order valence-corrected chi connectivity index (χ1v) is 8.09. The lowest BCUT2D eigenvalue weighted by atomic mass is 10.1. The Morgan fingerprint density at radius 2 is 2.08 bits per heavy atom. The third-order valence-electron chi connectivity index (χ3n) is 3.22. The standard InChI is InChI=1S/C20H24FN3O/c1-4-5-6-7-19(23-16-22-2)13-10-17-8-11-18(12-9-17)20(25)24(3)15-14-21/h5-9,11-12,16H,4,14-15H2,1-3H3,(H,22,23)/b6-5+,19-7-. The van der Waals surface area contributed by atoms with Crippen LogP contribution in [0.15, 0.2) is 53.2 Å². The summed E-state index contributed by atoms with van der Waals surface area (Å²) in [5, 5.41) is 3.01. The molecule has 0 unspecified atom stereocenters. The number of allylic oxidation sites excluding steroid dienone is 4. The van der Waals surface area contributed by atoms with Crippen LogP contribution in [0.5, 0.6) is 0 Å². The zero-order chi connectivity index (χ0) is 18.5. The Bertz CT molecular complexity index is 694. The van der Waals surface area contributed by atoms with Gasteiger partial charge in [0.05, 0.1) is 12.0 Å². The molecule has 0 saturated heterocycles. The Balaban J connectivity index is 2.88. The number of nitrogens with one attached hydrogen (secondary N) is 1. The van der Waals surface area contributed by atoms with Crippen LogP contribution in [0.1, 0.15) is 29.3 Å². The van der Waals surface area contributed by atoms with Gasteiger partial charge in [-0.2, -0.15) is 0 Å². The van der Waals surface area contributed by atoms with Crippen LogP contribution in [0.2, 0.25) is 0 Å². The highest BCUT2D eigenvalue weighted by atomic mass is 19.1. The fourth-order valence-corrected chi connectivity index (χ4v) is 1.84. The van der Waals surface area contributed by atoms with Gasteiger partial charge in [0.15, 0.2) is 0 Å². The van der Waals surface area contributed by atoms with Gasteiger partial charge in [0.1, 0.15) is 6.67 Å². The number of hydrogen-bond acceptors (Lipinski definition) is 2. The number of halogens is 1. The lowest BCUT2D eigenvalue weighted by molar-refractivity contribution is 0.0786. The van der Waals surface area contributed by atoms with Gasteiger partial charge >= 0.3 is 0 Å². The molecule has 0 aliphatic heterocycles. The largest absolute Gasteiger partial charge is 0.340 e. The van der Waals surface area contributed by atoms with E-state index in [1.807, 2.05) is 18.2 Å². The molecular formula is C20H24FN3O. The molecule has 0 bridgehead atoms. The van der Waals surface area contributed by atoms with Gasteiger partial charge in [0, 0.05) is 31.8 Å². The molecule has 0 fully saturated rings. The molecule has 0 spiro atoms. The third kappa shape index (κ3) is 7.49. The maximum Gasteiger partial charge on any atom is 0.253 e. The number of carbonyl (C=O) groups excluding carboxylic acids is 1. The molecule has 0 atom stereocenters. The number of rotatable bonds is 7. The average Bonchev–Trinajstić information content (AvgIpc) is 2.63. The van der Waals surface area contributed by atoms with Crippen molar-refractivity contribution < 1.29 is 9.18 Å². The summed E-state index contributed by atoms with van der Waals surface area (Å²) in [7, 11) is 3.26. The summed E-state index contributed by atoms with van der Waals surface area (Å²) < 4.78 is 12.3. The highest BCUT2D eigenvalue weighted by Crippen LogP contribution is 2.06. The van der Waals surface area contributed by atoms with E-state index in [2.05, 4.69) is 29.1 Å². The molecule has 1 rings (SSSR count). The second-order valence-electron chi connectivity index (χ2n) is 5.19. The molecule has 132 valence electrons. The summed E-state index contributed by atoms with van der Waals surface area (Å²) in [5.74, 6) is 5.87. The second-order valence-corrected chi connectivity index (χ2v) is 5.19. The molecule has 0 heterocycles. The van der Waals surface area contributed by atoms with Gasteiger partial charge in [-0.15, -0.1) is 0 Å². The molecule has 0 aliphatic rings. The Morgan fingerprint density at radius 1 is 1.36 bits per heavy atom. The van der Waals surface area contributed by atoms with Crippen molar-refractivity contribution in [2.45, 2.75) is 13.3 Å². The first-order valence-electron chi connectivity index (χ1n) is 8.09. The van der Waals surface area contributed by atoms with Crippen molar-refractivity contribution in [1.82, 2.24) is 10.2 Å². The van der Waals surface area contributed by atoms with Gasteiger partial charge in [-0.3, -0.25) is 9.79 Å². The van der Waals surface area contributed by atoms with Crippen molar-refractivity contribution in [3.63, 3.8) is 0 Å². The number of hydrogen-bond donors (Lipinski definition) is 1. The number of amides is 1. The fourth-order valence-electron chi connectivity index (χ4n) is 1.84. The van der Waals surface area contributed by atoms with E-state index < -0.39 is 6.67 Å². The minimum atomic E-state index is -0.554. The minimum Gasteiger partial charge on any atom is -0.340 e. The van der Waals surface area contributed by atoms with Gasteiger partial charge in [-0.05, 0) is 42.7 Å². The number of alkyl halides is 1. The maximum atomic E-state index is 12.3. The van der Waals surface area contributed by atoms with Crippen molar-refractivity contribution in [3.8, 4) is 11.8 Å². The van der Waals surface area contributed by atoms with Gasteiger partial charge in [0.2, 0.25) is 0 Å². The van der Waals surface area contributed by atoms with Crippen LogP contribution in [0, 0.1) is 11.8 Å². The number of carbonyl (C=O) groups is 1. The van der Waals surface area contributed by atoms with Crippen LogP contribution >= 0.6 is 0 Å². The first kappa shape index (κ1) is 20.2. The molecule has 5 heteroatoms. The number of nitrogens with zero attached hydrogens (tertiary/aromatic N) is 2. The van der Waals surface area contributed by atoms with Gasteiger partial charge in [0.25, 0.3) is 5.91 Å². The highest BCUT2D eigenvalue weighted by Gasteiger charge is 2.10. The Kier molecular flexibility index (Phi) is 9.39. The van der Waals surface area contributed by atoms with Crippen molar-refractivity contribution in [3.05, 3.63) is 59.3 Å². The lowest BCUT2D eigenvalue weighted by Gasteiger charge is -2.14. The van der Waals surface area contributed by atoms with Gasteiger partial charge in [-0.1, -0.05) is 25.0 Å². The van der Waals surface area contributed by atoms with E-state index in [9.17, 15) is 9.18 Å². The molecule has 4 nitrogen and oxygen atoms in total. The van der Waals surface area contributed by atoms with E-state index in [-0.39, 0.29) is 12.5 Å². The molecule has 1 N–H and O–H groups in total. The predicted molar refractivity (Wildman–Crippen MR) is 101 cm³/mol. The molecule has 1 aromatic carbocycles. The number of aliphatic imine (C=N–C) groups is 1. The van der Waals surface area contributed by atoms with E-state index in [0.29, 0.717) is 5.56 Å². The van der Waals surface area contributed by atoms with Crippen molar-refractivity contribution in [2.24, 2.45) is 4.99 Å². The van der Waals surface area contributed by atoms with Crippen LogP contribution in [-0.2, 0) is 0 Å². The molecule has 25 heavy (non-hydrogen) atoms. The van der Waals surface area contributed by atoms with E-state index in [0.717, 1.165) is 17.7 Å². The van der Waals surface area contributed by atoms with Crippen LogP contribution in [0.3, 0.4) is 0 Å². The summed E-state index contributed by atoms with van der Waals surface area (Å²) in [6, 6.07) is 6.94. The quantitative estimate of drug-likeness (QED) is 0.358. The highest BCUT2D eigenvalue weighted by molar-refractivity contribution is 5.94. The zero-order valence-corrected chi connectivity index (χ0v) is 14.9. The molecule has 1 amide bonds. The van der Waals surface area contributed by atoms with Gasteiger partial charge < -0.3 is 10.2 Å². The molecule has 0 saturated carbocycles. The normalized spacial score (nSPS) is 11.4. The van der Waals surface area contributed by atoms with Crippen LogP contribution in [0.4, 0.5) is 4.39 Å². The summed E-state index contributed by atoms with van der Waals surface area (Å²) in [6.07, 6.45) is 8.36. The molecule has 0 aliphatic carbocycles. The summed E-state index contributed by atoms with van der Waals surface area (Å²) >= 11 is 0. The molecular weight excluding hydrogens is 317 g/mol. The van der Waals surface area contributed by atoms with Crippen molar-refractivity contribution in [1.29, 1.82) is 0 Å². The topological polar surface area (TPSA) is 44.7 Å². The van der Waals surface area contributed by atoms with Crippen LogP contribution < -0.4 is 5.32 Å². The Hall–Kier alpha value is -2.87. The Morgan fingerprint density at radius 3 is 2.68 bits per heavy atom. The fraction of sp³-hybridized carbons (Fsp3) is 0.300. The molecule has 0 radical (unpaired) electrons. The van der Waals surface area contributed by atoms with Gasteiger partial charge in [-0.25, -0.2) is 4.39 Å². The Labute approximate surface area is 149 Å². The van der Waals surface area contributed by atoms with Crippen molar-refractivity contribution in [2.75, 3.05) is 27.3 Å². The SMILES string of the molecule is CC/C=C/C=C(/C#Cc1ccc(C(=O)N(C)CCF)cc1)N/C=N/C. The van der Waals surface area contributed by atoms with E-state index in [1.54, 1.807) is 44.7 Å². The van der Waals surface area contributed by atoms with Crippen LogP contribution in [-0.4, -0.2) is 44.5 Å². The summed E-state index contributed by atoms with van der Waals surface area (Å²) in [5.41, 5.74) is 2.02. The average molecular weight is 341 g/mol. The second kappa shape index (κ2) is 11.6. The third-order valence-corrected chi connectivity index (χ3v) is 3.22. The zero-order valence-electron chi connectivity index (χ0n) is 14.9. The van der Waals surface area contributed by atoms with E-state index >= 15 is 0 Å². The summed E-state index contributed by atoms with van der Waals surface area (Å²) in [4.78, 5) is 17.3. The van der Waals surface area contributed by atoms with Crippen LogP contribution in [0.25, 0.3) is 0 Å². The molecule has 0 aromatic heterocycles. The van der Waals surface area contributed by atoms with E-state index in [1.165, 1.54) is 4.90 Å². The summed E-state index contributed by atoms with van der Waals surface area (Å²) in [6.45, 7) is 1.59. The minimum absolute atomic E-state index is 0.0878. The molecule has 1 aromatic rings. The smallest absolute Gasteiger partial charge is 0.253 e. The van der Waals surface area contributed by atoms with Crippen molar-refractivity contribution >= 4 is 12.2 Å². The first-order chi connectivity index (χ1) is 12.1. The predicted octanol–water partition coefficient (Wildman–Crippen LogP) is 3.18. The monoisotopic (exact) mass is 341 g/mol. The number of benzene rings is 1. The lowest BCUT2D eigenvalue weighted by Crippen LogP contribution is -2.28. The maximum absolute atomic E-state index is 12.3. The van der Waals surface area contributed by atoms with E-state index in [4.69, 9.17) is 0 Å².